The molecule has 1 fully saturated rings. The molecule has 0 amide bonds. The molecule has 0 saturated carbocycles. The van der Waals surface area contributed by atoms with Crippen molar-refractivity contribution in [2.45, 2.75) is 25.3 Å². The van der Waals surface area contributed by atoms with E-state index in [4.69, 9.17) is 23.2 Å². The Morgan fingerprint density at radius 2 is 2.07 bits per heavy atom. The van der Waals surface area contributed by atoms with Crippen molar-refractivity contribution in [2.75, 3.05) is 6.54 Å². The Labute approximate surface area is 93.6 Å². The first kappa shape index (κ1) is 10.2. The van der Waals surface area contributed by atoms with Crippen molar-refractivity contribution in [1.29, 1.82) is 0 Å². The van der Waals surface area contributed by atoms with Crippen LogP contribution in [0.25, 0.3) is 0 Å². The van der Waals surface area contributed by atoms with Crippen LogP contribution in [0.2, 0.25) is 10.3 Å². The number of hydrogen-bond donors (Lipinski definition) is 1. The fourth-order valence-corrected chi connectivity index (χ4v) is 2.35. The summed E-state index contributed by atoms with van der Waals surface area (Å²) in [6, 6.07) is 4.34. The Morgan fingerprint density at radius 1 is 1.36 bits per heavy atom. The summed E-state index contributed by atoms with van der Waals surface area (Å²) in [5, 5.41) is 4.39. The summed E-state index contributed by atoms with van der Waals surface area (Å²) in [6.07, 6.45) is 3.48. The number of nitrogens with one attached hydrogen (secondary N) is 1. The Morgan fingerprint density at radius 3 is 2.64 bits per heavy atom. The summed E-state index contributed by atoms with van der Waals surface area (Å²) >= 11 is 11.6. The Kier molecular flexibility index (Phi) is 3.26. The molecular formula is C10H12Cl2N2. The van der Waals surface area contributed by atoms with Gasteiger partial charge in [-0.3, -0.25) is 0 Å². The molecule has 1 saturated heterocycles. The molecular weight excluding hydrogens is 219 g/mol. The first-order valence-electron chi connectivity index (χ1n) is 4.79. The second kappa shape index (κ2) is 4.47. The second-order valence-electron chi connectivity index (χ2n) is 3.62. The van der Waals surface area contributed by atoms with Crippen LogP contribution in [0.15, 0.2) is 12.1 Å². The van der Waals surface area contributed by atoms with Gasteiger partial charge in [0.25, 0.3) is 0 Å². The first-order chi connectivity index (χ1) is 6.74. The largest absolute Gasteiger partial charge is 0.314 e. The lowest BCUT2D eigenvalue weighted by Gasteiger charge is -2.10. The Hall–Kier alpha value is -0.310. The van der Waals surface area contributed by atoms with Crippen LogP contribution in [-0.4, -0.2) is 17.6 Å². The van der Waals surface area contributed by atoms with E-state index < -0.39 is 0 Å². The smallest absolute Gasteiger partial charge is 0.131 e. The molecule has 1 atom stereocenters. The van der Waals surface area contributed by atoms with Crippen LogP contribution >= 0.6 is 23.2 Å². The van der Waals surface area contributed by atoms with Gasteiger partial charge in [-0.2, -0.15) is 0 Å². The molecule has 1 aromatic heterocycles. The van der Waals surface area contributed by atoms with Crippen LogP contribution in [-0.2, 0) is 6.42 Å². The van der Waals surface area contributed by atoms with Gasteiger partial charge in [0.05, 0.1) is 0 Å². The lowest BCUT2D eigenvalue weighted by Crippen LogP contribution is -2.23. The molecule has 1 unspecified atom stereocenters. The summed E-state index contributed by atoms with van der Waals surface area (Å²) < 4.78 is 0. The van der Waals surface area contributed by atoms with Gasteiger partial charge in [0.15, 0.2) is 0 Å². The fraction of sp³-hybridized carbons (Fsp3) is 0.500. The molecule has 14 heavy (non-hydrogen) atoms. The standard InChI is InChI=1S/C10H12Cl2N2/c11-9-5-7(6-10(12)14-9)4-8-2-1-3-13-8/h5-6,8,13H,1-4H2. The minimum Gasteiger partial charge on any atom is -0.314 e. The molecule has 76 valence electrons. The molecule has 1 N–H and O–H groups in total. The third-order valence-corrected chi connectivity index (χ3v) is 2.85. The molecule has 1 aromatic rings. The van der Waals surface area contributed by atoms with E-state index in [2.05, 4.69) is 10.3 Å². The summed E-state index contributed by atoms with van der Waals surface area (Å²) in [5.41, 5.74) is 1.16. The van der Waals surface area contributed by atoms with Crippen LogP contribution in [0.3, 0.4) is 0 Å². The van der Waals surface area contributed by atoms with Crippen LogP contribution in [0, 0.1) is 0 Å². The van der Waals surface area contributed by atoms with Crippen LogP contribution in [0.5, 0.6) is 0 Å². The lowest BCUT2D eigenvalue weighted by molar-refractivity contribution is 0.603. The normalized spacial score (nSPS) is 21.4. The van der Waals surface area contributed by atoms with Crippen molar-refractivity contribution in [3.63, 3.8) is 0 Å². The highest BCUT2D eigenvalue weighted by Gasteiger charge is 2.14. The van der Waals surface area contributed by atoms with Crippen molar-refractivity contribution in [2.24, 2.45) is 0 Å². The van der Waals surface area contributed by atoms with E-state index >= 15 is 0 Å². The highest BCUT2D eigenvalue weighted by molar-refractivity contribution is 6.32. The van der Waals surface area contributed by atoms with Crippen molar-refractivity contribution in [1.82, 2.24) is 10.3 Å². The maximum Gasteiger partial charge on any atom is 0.131 e. The van der Waals surface area contributed by atoms with Gasteiger partial charge in [-0.1, -0.05) is 23.2 Å². The van der Waals surface area contributed by atoms with Crippen molar-refractivity contribution in [3.05, 3.63) is 28.0 Å². The summed E-state index contributed by atoms with van der Waals surface area (Å²) in [4.78, 5) is 3.92. The van der Waals surface area contributed by atoms with E-state index in [9.17, 15) is 0 Å². The maximum atomic E-state index is 5.82. The molecule has 0 bridgehead atoms. The molecule has 0 aliphatic carbocycles. The fourth-order valence-electron chi connectivity index (χ4n) is 1.85. The maximum absolute atomic E-state index is 5.82. The molecule has 2 nitrogen and oxygen atoms in total. The van der Waals surface area contributed by atoms with Crippen molar-refractivity contribution < 1.29 is 0 Å². The highest BCUT2D eigenvalue weighted by Crippen LogP contribution is 2.18. The van der Waals surface area contributed by atoms with E-state index in [-0.39, 0.29) is 0 Å². The van der Waals surface area contributed by atoms with Crippen molar-refractivity contribution in [3.8, 4) is 0 Å². The predicted octanol–water partition coefficient (Wildman–Crippen LogP) is 2.68. The van der Waals surface area contributed by atoms with Gasteiger partial charge < -0.3 is 5.32 Å². The van der Waals surface area contributed by atoms with Crippen molar-refractivity contribution >= 4 is 23.2 Å². The highest BCUT2D eigenvalue weighted by atomic mass is 35.5. The Bertz CT molecular complexity index is 302. The van der Waals surface area contributed by atoms with Gasteiger partial charge >= 0.3 is 0 Å². The molecule has 2 heterocycles. The summed E-state index contributed by atoms with van der Waals surface area (Å²) in [5.74, 6) is 0. The number of rotatable bonds is 2. The molecule has 4 heteroatoms. The topological polar surface area (TPSA) is 24.9 Å². The minimum atomic E-state index is 0.477. The molecule has 0 radical (unpaired) electrons. The summed E-state index contributed by atoms with van der Waals surface area (Å²) in [6.45, 7) is 1.12. The summed E-state index contributed by atoms with van der Waals surface area (Å²) in [7, 11) is 0. The quantitative estimate of drug-likeness (QED) is 0.791. The number of aromatic nitrogens is 1. The lowest BCUT2D eigenvalue weighted by atomic mass is 10.1. The molecule has 1 aliphatic rings. The van der Waals surface area contributed by atoms with Gasteiger partial charge in [-0.05, 0) is 43.5 Å². The minimum absolute atomic E-state index is 0.477. The van der Waals surface area contributed by atoms with Gasteiger partial charge in [-0.15, -0.1) is 0 Å². The van der Waals surface area contributed by atoms with Gasteiger partial charge in [0.2, 0.25) is 0 Å². The van der Waals surface area contributed by atoms with Crippen LogP contribution in [0.1, 0.15) is 18.4 Å². The van der Waals surface area contributed by atoms with E-state index in [1.807, 2.05) is 12.1 Å². The average molecular weight is 231 g/mol. The number of nitrogens with zero attached hydrogens (tertiary/aromatic N) is 1. The number of hydrogen-bond acceptors (Lipinski definition) is 2. The van der Waals surface area contributed by atoms with Gasteiger partial charge in [-0.25, -0.2) is 4.98 Å². The van der Waals surface area contributed by atoms with E-state index in [1.54, 1.807) is 0 Å². The molecule has 1 aliphatic heterocycles. The third-order valence-electron chi connectivity index (χ3n) is 2.47. The second-order valence-corrected chi connectivity index (χ2v) is 4.39. The SMILES string of the molecule is Clc1cc(CC2CCCN2)cc(Cl)n1. The molecule has 0 aromatic carbocycles. The predicted molar refractivity (Wildman–Crippen MR) is 59.0 cm³/mol. The van der Waals surface area contributed by atoms with E-state index in [0.717, 1.165) is 18.5 Å². The van der Waals surface area contributed by atoms with Crippen LogP contribution in [0.4, 0.5) is 0 Å². The first-order valence-corrected chi connectivity index (χ1v) is 5.55. The molecule has 2 rings (SSSR count). The zero-order chi connectivity index (χ0) is 9.97. The van der Waals surface area contributed by atoms with E-state index in [0.29, 0.717) is 16.3 Å². The van der Waals surface area contributed by atoms with E-state index in [1.165, 1.54) is 12.8 Å². The zero-order valence-corrected chi connectivity index (χ0v) is 9.28. The Balaban J connectivity index is 2.07. The van der Waals surface area contributed by atoms with Crippen LogP contribution < -0.4 is 5.32 Å². The molecule has 0 spiro atoms. The monoisotopic (exact) mass is 230 g/mol. The van der Waals surface area contributed by atoms with Gasteiger partial charge in [0, 0.05) is 6.04 Å². The average Bonchev–Trinajstić information content (AvgIpc) is 2.54. The van der Waals surface area contributed by atoms with Gasteiger partial charge in [0.1, 0.15) is 10.3 Å². The number of halogens is 2. The third kappa shape index (κ3) is 2.59. The zero-order valence-electron chi connectivity index (χ0n) is 7.76. The number of pyridine rings is 1.